The van der Waals surface area contributed by atoms with Gasteiger partial charge in [-0.1, -0.05) is 11.6 Å². The molecule has 1 amide bonds. The highest BCUT2D eigenvalue weighted by Crippen LogP contribution is 2.37. The fourth-order valence-electron chi connectivity index (χ4n) is 2.68. The molecule has 0 N–H and O–H groups in total. The van der Waals surface area contributed by atoms with Crippen molar-refractivity contribution in [2.45, 2.75) is 33.1 Å². The van der Waals surface area contributed by atoms with E-state index in [1.807, 2.05) is 19.9 Å². The molecular formula is C21H20ClF3N2O3. The van der Waals surface area contributed by atoms with Crippen LogP contribution in [0.2, 0.25) is 5.02 Å². The van der Waals surface area contributed by atoms with E-state index in [-0.39, 0.29) is 33.7 Å². The lowest BCUT2D eigenvalue weighted by molar-refractivity contribution is -0.138. The average molecular weight is 441 g/mol. The molecule has 1 atom stereocenters. The number of carbonyl (C=O) groups is 1. The summed E-state index contributed by atoms with van der Waals surface area (Å²) in [6.07, 6.45) is -5.37. The quantitative estimate of drug-likeness (QED) is 0.557. The second kappa shape index (κ2) is 9.72. The van der Waals surface area contributed by atoms with Crippen LogP contribution in [0.3, 0.4) is 0 Å². The van der Waals surface area contributed by atoms with Crippen LogP contribution in [-0.2, 0) is 11.0 Å². The molecule has 0 fully saturated rings. The largest absolute Gasteiger partial charge is 0.479 e. The van der Waals surface area contributed by atoms with Crippen LogP contribution in [0.4, 0.5) is 13.2 Å². The van der Waals surface area contributed by atoms with Crippen molar-refractivity contribution in [3.05, 3.63) is 52.5 Å². The molecule has 0 aliphatic heterocycles. The Bertz CT molecular complexity index is 953. The Kier molecular flexibility index (Phi) is 7.57. The van der Waals surface area contributed by atoms with Crippen molar-refractivity contribution >= 4 is 17.5 Å². The minimum Gasteiger partial charge on any atom is -0.479 e. The summed E-state index contributed by atoms with van der Waals surface area (Å²) in [6.45, 7) is 6.30. The predicted molar refractivity (Wildman–Crippen MR) is 106 cm³/mol. The number of amides is 1. The lowest BCUT2D eigenvalue weighted by atomic mass is 10.2. The summed E-state index contributed by atoms with van der Waals surface area (Å²) in [6, 6.07) is 8.97. The molecule has 2 aromatic rings. The van der Waals surface area contributed by atoms with E-state index >= 15 is 0 Å². The van der Waals surface area contributed by atoms with Crippen molar-refractivity contribution in [2.75, 3.05) is 13.1 Å². The van der Waals surface area contributed by atoms with Crippen LogP contribution in [0.5, 0.6) is 17.2 Å². The summed E-state index contributed by atoms with van der Waals surface area (Å²) in [5, 5.41) is 9.09. The zero-order chi connectivity index (χ0) is 22.5. The van der Waals surface area contributed by atoms with Crippen molar-refractivity contribution in [1.82, 2.24) is 4.90 Å². The number of carbonyl (C=O) groups excluding carboxylic acids is 1. The minimum absolute atomic E-state index is 0.00703. The van der Waals surface area contributed by atoms with Crippen LogP contribution in [0, 0.1) is 11.3 Å². The molecule has 2 rings (SSSR count). The molecule has 5 nitrogen and oxygen atoms in total. The SMILES string of the molecule is CCN(CC)C(=O)C(C)Oc1cc(Oc2ccc(C(F)(F)F)cc2Cl)ccc1C#N. The normalized spacial score (nSPS) is 12.1. The first-order chi connectivity index (χ1) is 14.1. The summed E-state index contributed by atoms with van der Waals surface area (Å²) in [5.74, 6) is 0.0766. The van der Waals surface area contributed by atoms with E-state index < -0.39 is 17.8 Å². The molecule has 0 aliphatic rings. The molecule has 0 spiro atoms. The number of ether oxygens (including phenoxy) is 2. The van der Waals surface area contributed by atoms with Gasteiger partial charge in [-0.15, -0.1) is 0 Å². The highest BCUT2D eigenvalue weighted by molar-refractivity contribution is 6.32. The molecule has 0 bridgehead atoms. The number of likely N-dealkylation sites (N-methyl/N-ethyl adjacent to an activating group) is 1. The van der Waals surface area contributed by atoms with Gasteiger partial charge in [-0.05, 0) is 51.1 Å². The van der Waals surface area contributed by atoms with Gasteiger partial charge >= 0.3 is 6.18 Å². The van der Waals surface area contributed by atoms with Crippen LogP contribution >= 0.6 is 11.6 Å². The van der Waals surface area contributed by atoms with Gasteiger partial charge in [0.1, 0.15) is 23.3 Å². The predicted octanol–water partition coefficient (Wildman–Crippen LogP) is 5.66. The van der Waals surface area contributed by atoms with Crippen molar-refractivity contribution in [2.24, 2.45) is 0 Å². The summed E-state index contributed by atoms with van der Waals surface area (Å²) in [7, 11) is 0. The third kappa shape index (κ3) is 5.57. The number of halogens is 4. The lowest BCUT2D eigenvalue weighted by Crippen LogP contribution is -2.40. The van der Waals surface area contributed by atoms with Crippen LogP contribution in [0.25, 0.3) is 0 Å². The minimum atomic E-state index is -4.52. The smallest absolute Gasteiger partial charge is 0.416 e. The number of rotatable bonds is 7. The third-order valence-corrected chi connectivity index (χ3v) is 4.58. The van der Waals surface area contributed by atoms with Gasteiger partial charge in [0.25, 0.3) is 5.91 Å². The van der Waals surface area contributed by atoms with E-state index in [0.29, 0.717) is 13.1 Å². The Morgan fingerprint density at radius 3 is 2.37 bits per heavy atom. The lowest BCUT2D eigenvalue weighted by Gasteiger charge is -2.23. The third-order valence-electron chi connectivity index (χ3n) is 4.29. The topological polar surface area (TPSA) is 62.6 Å². The first kappa shape index (κ1) is 23.4. The van der Waals surface area contributed by atoms with Crippen LogP contribution in [-0.4, -0.2) is 30.0 Å². The fraction of sp³-hybridized carbons (Fsp3) is 0.333. The molecule has 30 heavy (non-hydrogen) atoms. The monoisotopic (exact) mass is 440 g/mol. The van der Waals surface area contributed by atoms with E-state index in [1.54, 1.807) is 11.8 Å². The first-order valence-corrected chi connectivity index (χ1v) is 9.52. The fourth-order valence-corrected chi connectivity index (χ4v) is 2.90. The summed E-state index contributed by atoms with van der Waals surface area (Å²) in [5.41, 5.74) is -0.715. The van der Waals surface area contributed by atoms with E-state index in [9.17, 15) is 23.2 Å². The molecule has 1 unspecified atom stereocenters. The molecule has 0 saturated carbocycles. The van der Waals surface area contributed by atoms with Gasteiger partial charge in [0.15, 0.2) is 6.10 Å². The standard InChI is InChI=1S/C21H20ClF3N2O3/c1-4-27(5-2)20(28)13(3)29-19-11-16(8-6-14(19)12-26)30-18-9-7-15(10-17(18)22)21(23,24)25/h6-11,13H,4-5H2,1-3H3. The summed E-state index contributed by atoms with van der Waals surface area (Å²) in [4.78, 5) is 14.0. The molecule has 0 aliphatic carbocycles. The Balaban J connectivity index is 2.26. The van der Waals surface area contributed by atoms with E-state index in [4.69, 9.17) is 21.1 Å². The van der Waals surface area contributed by atoms with Gasteiger partial charge in [-0.25, -0.2) is 0 Å². The Labute approximate surface area is 177 Å². The zero-order valence-electron chi connectivity index (χ0n) is 16.6. The zero-order valence-corrected chi connectivity index (χ0v) is 17.3. The number of hydrogen-bond donors (Lipinski definition) is 0. The van der Waals surface area contributed by atoms with E-state index in [0.717, 1.165) is 18.2 Å². The molecule has 0 aromatic heterocycles. The van der Waals surface area contributed by atoms with E-state index in [2.05, 4.69) is 0 Å². The van der Waals surface area contributed by atoms with Gasteiger partial charge in [0.2, 0.25) is 0 Å². The van der Waals surface area contributed by atoms with Gasteiger partial charge in [-0.3, -0.25) is 4.79 Å². The maximum atomic E-state index is 12.8. The van der Waals surface area contributed by atoms with Crippen LogP contribution < -0.4 is 9.47 Å². The molecule has 0 radical (unpaired) electrons. The van der Waals surface area contributed by atoms with Gasteiger partial charge < -0.3 is 14.4 Å². The average Bonchev–Trinajstić information content (AvgIpc) is 2.69. The first-order valence-electron chi connectivity index (χ1n) is 9.14. The Morgan fingerprint density at radius 2 is 1.83 bits per heavy atom. The highest BCUT2D eigenvalue weighted by Gasteiger charge is 2.31. The molecule has 0 heterocycles. The maximum absolute atomic E-state index is 12.8. The number of nitrogens with zero attached hydrogens (tertiary/aromatic N) is 2. The molecule has 9 heteroatoms. The molecule has 0 saturated heterocycles. The van der Waals surface area contributed by atoms with Crippen molar-refractivity contribution in [3.63, 3.8) is 0 Å². The van der Waals surface area contributed by atoms with Crippen LogP contribution in [0.15, 0.2) is 36.4 Å². The van der Waals surface area contributed by atoms with E-state index in [1.165, 1.54) is 18.2 Å². The second-order valence-electron chi connectivity index (χ2n) is 6.29. The molecule has 160 valence electrons. The van der Waals surface area contributed by atoms with Crippen molar-refractivity contribution < 1.29 is 27.4 Å². The Hall–Kier alpha value is -2.92. The maximum Gasteiger partial charge on any atom is 0.416 e. The van der Waals surface area contributed by atoms with Gasteiger partial charge in [0, 0.05) is 19.2 Å². The van der Waals surface area contributed by atoms with Crippen LogP contribution in [0.1, 0.15) is 31.9 Å². The number of benzene rings is 2. The highest BCUT2D eigenvalue weighted by atomic mass is 35.5. The van der Waals surface area contributed by atoms with Gasteiger partial charge in [-0.2, -0.15) is 18.4 Å². The van der Waals surface area contributed by atoms with Gasteiger partial charge in [0.05, 0.1) is 16.1 Å². The summed E-state index contributed by atoms with van der Waals surface area (Å²) >= 11 is 5.92. The number of alkyl halides is 3. The molecule has 2 aromatic carbocycles. The number of nitriles is 1. The summed E-state index contributed by atoms with van der Waals surface area (Å²) < 4.78 is 49.6. The van der Waals surface area contributed by atoms with Crippen molar-refractivity contribution in [1.29, 1.82) is 5.26 Å². The Morgan fingerprint density at radius 1 is 1.17 bits per heavy atom. The second-order valence-corrected chi connectivity index (χ2v) is 6.69. The molecular weight excluding hydrogens is 421 g/mol. The van der Waals surface area contributed by atoms with Crippen molar-refractivity contribution in [3.8, 4) is 23.3 Å². The number of hydrogen-bond acceptors (Lipinski definition) is 4.